The summed E-state index contributed by atoms with van der Waals surface area (Å²) in [6.07, 6.45) is 1.52. The molecule has 2 aromatic carbocycles. The monoisotopic (exact) mass is 576 g/mol. The molecular formula is C25H25BrN2O7S. The summed E-state index contributed by atoms with van der Waals surface area (Å²) in [6.45, 7) is 5.00. The van der Waals surface area contributed by atoms with Crippen LogP contribution in [0.25, 0.3) is 6.08 Å². The molecule has 3 amide bonds. The lowest BCUT2D eigenvalue weighted by molar-refractivity contribution is -0.146. The summed E-state index contributed by atoms with van der Waals surface area (Å²) in [6, 6.07) is 8.57. The first-order valence-corrected chi connectivity index (χ1v) is 12.5. The maximum atomic E-state index is 12.6. The van der Waals surface area contributed by atoms with Crippen molar-refractivity contribution in [1.29, 1.82) is 0 Å². The third kappa shape index (κ3) is 6.46. The number of anilines is 1. The van der Waals surface area contributed by atoms with Gasteiger partial charge in [-0.1, -0.05) is 22.0 Å². The zero-order valence-electron chi connectivity index (χ0n) is 20.2. The standard InChI is InChI=1S/C25H25BrN2O7S/c1-5-34-23(30)12-28-24(31)21(36-25(28)32)11-16-6-9-19(20(10-16)33-4)35-13-22(29)27-18-8-7-17(26)14(2)15(18)3/h6-11H,5,12-13H2,1-4H3,(H,27,29)/b21-11+. The minimum absolute atomic E-state index is 0.157. The normalized spacial score (nSPS) is 14.2. The third-order valence-corrected chi connectivity index (χ3v) is 7.07. The van der Waals surface area contributed by atoms with Gasteiger partial charge in [0.1, 0.15) is 6.54 Å². The van der Waals surface area contributed by atoms with Gasteiger partial charge >= 0.3 is 5.97 Å². The van der Waals surface area contributed by atoms with E-state index in [1.54, 1.807) is 25.1 Å². The van der Waals surface area contributed by atoms with Crippen LogP contribution in [-0.4, -0.2) is 54.8 Å². The van der Waals surface area contributed by atoms with E-state index in [9.17, 15) is 19.2 Å². The van der Waals surface area contributed by atoms with Crippen LogP contribution in [0.4, 0.5) is 10.5 Å². The van der Waals surface area contributed by atoms with Gasteiger partial charge in [0, 0.05) is 10.2 Å². The first kappa shape index (κ1) is 27.3. The minimum Gasteiger partial charge on any atom is -0.493 e. The molecule has 0 radical (unpaired) electrons. The highest BCUT2D eigenvalue weighted by Crippen LogP contribution is 2.34. The molecule has 1 fully saturated rings. The van der Waals surface area contributed by atoms with Gasteiger partial charge in [0.05, 0.1) is 18.6 Å². The molecule has 1 saturated heterocycles. The number of ether oxygens (including phenoxy) is 3. The Kier molecular flexibility index (Phi) is 9.16. The number of halogens is 1. The summed E-state index contributed by atoms with van der Waals surface area (Å²) < 4.78 is 16.8. The average Bonchev–Trinajstić information content (AvgIpc) is 3.10. The maximum Gasteiger partial charge on any atom is 0.326 e. The van der Waals surface area contributed by atoms with E-state index >= 15 is 0 Å². The second-order valence-electron chi connectivity index (χ2n) is 7.66. The first-order chi connectivity index (χ1) is 17.1. The number of nitrogens with one attached hydrogen (secondary N) is 1. The Morgan fingerprint density at radius 1 is 1.11 bits per heavy atom. The van der Waals surface area contributed by atoms with Crippen molar-refractivity contribution in [3.63, 3.8) is 0 Å². The lowest BCUT2D eigenvalue weighted by Gasteiger charge is -2.14. The number of methoxy groups -OCH3 is 1. The number of imide groups is 1. The van der Waals surface area contributed by atoms with Crippen molar-refractivity contribution >= 4 is 62.5 Å². The molecule has 1 aliphatic heterocycles. The molecule has 0 unspecified atom stereocenters. The second kappa shape index (κ2) is 12.1. The van der Waals surface area contributed by atoms with Crippen LogP contribution in [0, 0.1) is 13.8 Å². The van der Waals surface area contributed by atoms with E-state index < -0.39 is 23.7 Å². The van der Waals surface area contributed by atoms with E-state index in [1.165, 1.54) is 13.2 Å². The largest absolute Gasteiger partial charge is 0.493 e. The Morgan fingerprint density at radius 2 is 1.86 bits per heavy atom. The summed E-state index contributed by atoms with van der Waals surface area (Å²) in [5, 5.41) is 2.29. The summed E-state index contributed by atoms with van der Waals surface area (Å²) in [4.78, 5) is 49.9. The molecule has 11 heteroatoms. The van der Waals surface area contributed by atoms with Crippen LogP contribution in [0.1, 0.15) is 23.6 Å². The Hall–Kier alpha value is -3.31. The number of thioether (sulfide) groups is 1. The molecule has 3 rings (SSSR count). The number of benzene rings is 2. The lowest BCUT2D eigenvalue weighted by atomic mass is 10.1. The molecule has 1 aliphatic rings. The SMILES string of the molecule is CCOC(=O)CN1C(=O)S/C(=C/c2ccc(OCC(=O)Nc3ccc(Br)c(C)c3C)c(OC)c2)C1=O. The van der Waals surface area contributed by atoms with Crippen LogP contribution in [-0.2, 0) is 19.1 Å². The molecule has 0 aromatic heterocycles. The zero-order valence-corrected chi connectivity index (χ0v) is 22.6. The van der Waals surface area contributed by atoms with Crippen LogP contribution in [0.15, 0.2) is 39.7 Å². The molecule has 0 saturated carbocycles. The molecule has 0 aliphatic carbocycles. The van der Waals surface area contributed by atoms with Gasteiger partial charge in [0.15, 0.2) is 18.1 Å². The number of hydrogen-bond acceptors (Lipinski definition) is 8. The first-order valence-electron chi connectivity index (χ1n) is 10.9. The predicted molar refractivity (Wildman–Crippen MR) is 140 cm³/mol. The van der Waals surface area contributed by atoms with Crippen LogP contribution in [0.5, 0.6) is 11.5 Å². The van der Waals surface area contributed by atoms with E-state index in [4.69, 9.17) is 14.2 Å². The number of amides is 3. The van der Waals surface area contributed by atoms with Crippen LogP contribution in [0.2, 0.25) is 0 Å². The van der Waals surface area contributed by atoms with Gasteiger partial charge in [0.2, 0.25) is 0 Å². The molecule has 0 bridgehead atoms. The van der Waals surface area contributed by atoms with Gasteiger partial charge in [-0.3, -0.25) is 24.1 Å². The van der Waals surface area contributed by atoms with E-state index in [2.05, 4.69) is 21.2 Å². The fraction of sp³-hybridized carbons (Fsp3) is 0.280. The summed E-state index contributed by atoms with van der Waals surface area (Å²) in [7, 11) is 1.45. The molecule has 36 heavy (non-hydrogen) atoms. The van der Waals surface area contributed by atoms with Crippen molar-refractivity contribution in [3.8, 4) is 11.5 Å². The van der Waals surface area contributed by atoms with Crippen LogP contribution in [0.3, 0.4) is 0 Å². The zero-order chi connectivity index (χ0) is 26.4. The van der Waals surface area contributed by atoms with Crippen LogP contribution < -0.4 is 14.8 Å². The van der Waals surface area contributed by atoms with Gasteiger partial charge in [0.25, 0.3) is 17.1 Å². The van der Waals surface area contributed by atoms with Gasteiger partial charge in [-0.25, -0.2) is 0 Å². The fourth-order valence-corrected chi connectivity index (χ4v) is 4.54. The number of carbonyl (C=O) groups excluding carboxylic acids is 4. The van der Waals surface area contributed by atoms with Crippen molar-refractivity contribution < 1.29 is 33.4 Å². The highest BCUT2D eigenvalue weighted by atomic mass is 79.9. The van der Waals surface area contributed by atoms with Crippen molar-refractivity contribution in [2.75, 3.05) is 32.2 Å². The molecule has 1 heterocycles. The van der Waals surface area contributed by atoms with Crippen molar-refractivity contribution in [2.24, 2.45) is 0 Å². The highest BCUT2D eigenvalue weighted by Gasteiger charge is 2.36. The molecule has 1 N–H and O–H groups in total. The van der Waals surface area contributed by atoms with Gasteiger partial charge in [-0.05, 0) is 79.6 Å². The predicted octanol–water partition coefficient (Wildman–Crippen LogP) is 4.69. The lowest BCUT2D eigenvalue weighted by Crippen LogP contribution is -2.34. The van der Waals surface area contributed by atoms with E-state index in [0.717, 1.165) is 32.3 Å². The average molecular weight is 577 g/mol. The third-order valence-electron chi connectivity index (χ3n) is 5.31. The fourth-order valence-electron chi connectivity index (χ4n) is 3.27. The summed E-state index contributed by atoms with van der Waals surface area (Å²) in [5.74, 6) is -0.880. The smallest absolute Gasteiger partial charge is 0.326 e. The summed E-state index contributed by atoms with van der Waals surface area (Å²) >= 11 is 4.20. The molecular weight excluding hydrogens is 552 g/mol. The van der Waals surface area contributed by atoms with Gasteiger partial charge in [-0.15, -0.1) is 0 Å². The molecule has 9 nitrogen and oxygen atoms in total. The van der Waals surface area contributed by atoms with E-state index in [0.29, 0.717) is 22.7 Å². The summed E-state index contributed by atoms with van der Waals surface area (Å²) in [5.41, 5.74) is 3.26. The quantitative estimate of drug-likeness (QED) is 0.338. The Labute approximate surface area is 221 Å². The van der Waals surface area contributed by atoms with E-state index in [1.807, 2.05) is 26.0 Å². The maximum absolute atomic E-state index is 12.6. The van der Waals surface area contributed by atoms with Crippen molar-refractivity contribution in [1.82, 2.24) is 4.90 Å². The minimum atomic E-state index is -0.654. The van der Waals surface area contributed by atoms with Gasteiger partial charge < -0.3 is 19.5 Å². The topological polar surface area (TPSA) is 111 Å². The molecule has 0 atom stereocenters. The number of nitrogens with zero attached hydrogens (tertiary/aromatic N) is 1. The Morgan fingerprint density at radius 3 is 2.56 bits per heavy atom. The molecule has 0 spiro atoms. The number of carbonyl (C=O) groups is 4. The second-order valence-corrected chi connectivity index (χ2v) is 9.51. The molecule has 2 aromatic rings. The number of esters is 1. The highest BCUT2D eigenvalue weighted by molar-refractivity contribution is 9.10. The number of rotatable bonds is 9. The Balaban J connectivity index is 1.67. The van der Waals surface area contributed by atoms with Crippen LogP contribution >= 0.6 is 27.7 Å². The van der Waals surface area contributed by atoms with Gasteiger partial charge in [-0.2, -0.15) is 0 Å². The van der Waals surface area contributed by atoms with E-state index in [-0.39, 0.29) is 24.0 Å². The van der Waals surface area contributed by atoms with Crippen molar-refractivity contribution in [3.05, 3.63) is 56.4 Å². The Bertz CT molecular complexity index is 1250. The number of hydrogen-bond donors (Lipinski definition) is 1. The molecule has 190 valence electrons. The van der Waals surface area contributed by atoms with Crippen molar-refractivity contribution in [2.45, 2.75) is 20.8 Å².